The van der Waals surface area contributed by atoms with Crippen LogP contribution in [0.4, 0.5) is 5.69 Å². The fourth-order valence-corrected chi connectivity index (χ4v) is 3.63. The van der Waals surface area contributed by atoms with Crippen LogP contribution in [0.5, 0.6) is 5.75 Å². The molecule has 1 aliphatic rings. The first kappa shape index (κ1) is 22.8. The van der Waals surface area contributed by atoms with Crippen LogP contribution in [-0.4, -0.2) is 68.0 Å². The van der Waals surface area contributed by atoms with Crippen LogP contribution >= 0.6 is 0 Å². The second-order valence-corrected chi connectivity index (χ2v) is 7.98. The van der Waals surface area contributed by atoms with Crippen molar-refractivity contribution in [2.24, 2.45) is 0 Å². The molecule has 31 heavy (non-hydrogen) atoms. The van der Waals surface area contributed by atoms with Gasteiger partial charge in [-0.05, 0) is 48.7 Å². The molecule has 1 saturated heterocycles. The number of carbonyl (C=O) groups excluding carboxylic acids is 2. The first-order valence-corrected chi connectivity index (χ1v) is 10.6. The maximum absolute atomic E-state index is 12.4. The SMILES string of the molecule is COc1cccc(CNC(=O)CN2CCN(CC(=O)Nc3cccc(C)c3C)CC2)c1. The largest absolute Gasteiger partial charge is 0.497 e. The van der Waals surface area contributed by atoms with Gasteiger partial charge in [0.15, 0.2) is 0 Å². The van der Waals surface area contributed by atoms with Crippen molar-refractivity contribution in [1.82, 2.24) is 15.1 Å². The Labute approximate surface area is 184 Å². The third-order valence-electron chi connectivity index (χ3n) is 5.70. The molecule has 0 aromatic heterocycles. The molecule has 0 aliphatic carbocycles. The lowest BCUT2D eigenvalue weighted by atomic mass is 10.1. The molecule has 1 heterocycles. The highest BCUT2D eigenvalue weighted by molar-refractivity contribution is 5.93. The Hall–Kier alpha value is -2.90. The van der Waals surface area contributed by atoms with E-state index in [0.717, 1.165) is 54.3 Å². The summed E-state index contributed by atoms with van der Waals surface area (Å²) in [7, 11) is 1.63. The number of carbonyl (C=O) groups is 2. The van der Waals surface area contributed by atoms with Crippen molar-refractivity contribution in [3.05, 3.63) is 59.2 Å². The number of hydrogen-bond acceptors (Lipinski definition) is 5. The van der Waals surface area contributed by atoms with Gasteiger partial charge in [0.05, 0.1) is 20.2 Å². The van der Waals surface area contributed by atoms with Gasteiger partial charge in [-0.3, -0.25) is 19.4 Å². The van der Waals surface area contributed by atoms with E-state index in [1.807, 2.05) is 56.3 Å². The Morgan fingerprint density at radius 3 is 2.26 bits per heavy atom. The minimum absolute atomic E-state index is 0.00168. The quantitative estimate of drug-likeness (QED) is 0.680. The summed E-state index contributed by atoms with van der Waals surface area (Å²) in [6.07, 6.45) is 0. The number of ether oxygens (including phenoxy) is 1. The van der Waals surface area contributed by atoms with Crippen molar-refractivity contribution < 1.29 is 14.3 Å². The number of aryl methyl sites for hydroxylation is 1. The van der Waals surface area contributed by atoms with Gasteiger partial charge in [0, 0.05) is 38.4 Å². The number of methoxy groups -OCH3 is 1. The molecule has 0 atom stereocenters. The molecule has 166 valence electrons. The van der Waals surface area contributed by atoms with Crippen LogP contribution in [-0.2, 0) is 16.1 Å². The second kappa shape index (κ2) is 10.9. The van der Waals surface area contributed by atoms with Crippen LogP contribution in [0.25, 0.3) is 0 Å². The number of nitrogens with one attached hydrogen (secondary N) is 2. The van der Waals surface area contributed by atoms with Crippen LogP contribution in [0.1, 0.15) is 16.7 Å². The van der Waals surface area contributed by atoms with Crippen molar-refractivity contribution in [2.45, 2.75) is 20.4 Å². The molecular weight excluding hydrogens is 392 g/mol. The highest BCUT2D eigenvalue weighted by atomic mass is 16.5. The van der Waals surface area contributed by atoms with Crippen LogP contribution in [0.2, 0.25) is 0 Å². The molecular formula is C24H32N4O3. The van der Waals surface area contributed by atoms with Crippen LogP contribution in [0.3, 0.4) is 0 Å². The van der Waals surface area contributed by atoms with Gasteiger partial charge in [0.25, 0.3) is 0 Å². The Kier molecular flexibility index (Phi) is 8.03. The van der Waals surface area contributed by atoms with Gasteiger partial charge in [-0.2, -0.15) is 0 Å². The second-order valence-electron chi connectivity index (χ2n) is 7.98. The topological polar surface area (TPSA) is 73.9 Å². The van der Waals surface area contributed by atoms with Gasteiger partial charge in [-0.1, -0.05) is 24.3 Å². The number of anilines is 1. The molecule has 2 N–H and O–H groups in total. The highest BCUT2D eigenvalue weighted by Crippen LogP contribution is 2.18. The van der Waals surface area contributed by atoms with Crippen LogP contribution in [0, 0.1) is 13.8 Å². The van der Waals surface area contributed by atoms with Crippen molar-refractivity contribution in [1.29, 1.82) is 0 Å². The number of rotatable bonds is 8. The monoisotopic (exact) mass is 424 g/mol. The number of hydrogen-bond donors (Lipinski definition) is 2. The molecule has 1 fully saturated rings. The van der Waals surface area contributed by atoms with E-state index in [1.54, 1.807) is 7.11 Å². The average molecular weight is 425 g/mol. The summed E-state index contributed by atoms with van der Waals surface area (Å²) in [5.74, 6) is 0.784. The van der Waals surface area contributed by atoms with Crippen LogP contribution < -0.4 is 15.4 Å². The van der Waals surface area contributed by atoms with E-state index in [2.05, 4.69) is 20.4 Å². The normalized spacial score (nSPS) is 14.8. The third kappa shape index (κ3) is 6.80. The van der Waals surface area contributed by atoms with Crippen molar-refractivity contribution in [2.75, 3.05) is 51.7 Å². The highest BCUT2D eigenvalue weighted by Gasteiger charge is 2.20. The lowest BCUT2D eigenvalue weighted by Crippen LogP contribution is -2.50. The molecule has 7 heteroatoms. The van der Waals surface area contributed by atoms with E-state index in [1.165, 1.54) is 0 Å². The summed E-state index contributed by atoms with van der Waals surface area (Å²) in [4.78, 5) is 29.0. The van der Waals surface area contributed by atoms with E-state index >= 15 is 0 Å². The van der Waals surface area contributed by atoms with Gasteiger partial charge in [-0.15, -0.1) is 0 Å². The Morgan fingerprint density at radius 2 is 1.58 bits per heavy atom. The number of piperazine rings is 1. The minimum atomic E-state index is -0.00168. The maximum atomic E-state index is 12.4. The molecule has 7 nitrogen and oxygen atoms in total. The summed E-state index contributed by atoms with van der Waals surface area (Å²) in [6, 6.07) is 13.6. The number of amides is 2. The van der Waals surface area contributed by atoms with Gasteiger partial charge >= 0.3 is 0 Å². The average Bonchev–Trinajstić information content (AvgIpc) is 2.77. The van der Waals surface area contributed by atoms with Gasteiger partial charge in [0.1, 0.15) is 5.75 Å². The molecule has 0 spiro atoms. The van der Waals surface area contributed by atoms with Gasteiger partial charge < -0.3 is 15.4 Å². The maximum Gasteiger partial charge on any atom is 0.238 e. The predicted molar refractivity (Wildman–Crippen MR) is 122 cm³/mol. The zero-order valence-electron chi connectivity index (χ0n) is 18.6. The first-order chi connectivity index (χ1) is 14.9. The number of nitrogens with zero attached hydrogens (tertiary/aromatic N) is 2. The molecule has 0 unspecified atom stereocenters. The summed E-state index contributed by atoms with van der Waals surface area (Å²) >= 11 is 0. The zero-order valence-corrected chi connectivity index (χ0v) is 18.6. The number of benzene rings is 2. The van der Waals surface area contributed by atoms with Crippen molar-refractivity contribution in [3.8, 4) is 5.75 Å². The lowest BCUT2D eigenvalue weighted by molar-refractivity contribution is -0.123. The zero-order chi connectivity index (χ0) is 22.2. The van der Waals surface area contributed by atoms with E-state index < -0.39 is 0 Å². The Morgan fingerprint density at radius 1 is 0.935 bits per heavy atom. The van der Waals surface area contributed by atoms with E-state index in [9.17, 15) is 9.59 Å². The molecule has 2 aromatic carbocycles. The molecule has 2 amide bonds. The smallest absolute Gasteiger partial charge is 0.238 e. The molecule has 0 radical (unpaired) electrons. The van der Waals surface area contributed by atoms with Gasteiger partial charge in [0.2, 0.25) is 11.8 Å². The molecule has 1 aliphatic heterocycles. The fraction of sp³-hybridized carbons (Fsp3) is 0.417. The molecule has 0 bridgehead atoms. The summed E-state index contributed by atoms with van der Waals surface area (Å²) in [5.41, 5.74) is 4.14. The van der Waals surface area contributed by atoms with Crippen LogP contribution in [0.15, 0.2) is 42.5 Å². The third-order valence-corrected chi connectivity index (χ3v) is 5.70. The predicted octanol–water partition coefficient (Wildman–Crippen LogP) is 2.18. The van der Waals surface area contributed by atoms with Crippen molar-refractivity contribution in [3.63, 3.8) is 0 Å². The van der Waals surface area contributed by atoms with E-state index in [4.69, 9.17) is 4.74 Å². The summed E-state index contributed by atoms with van der Waals surface area (Å²) in [6.45, 7) is 8.34. The molecule has 2 aromatic rings. The van der Waals surface area contributed by atoms with Crippen molar-refractivity contribution >= 4 is 17.5 Å². The molecule has 3 rings (SSSR count). The van der Waals surface area contributed by atoms with E-state index in [0.29, 0.717) is 19.6 Å². The fourth-order valence-electron chi connectivity index (χ4n) is 3.63. The Bertz CT molecular complexity index is 907. The minimum Gasteiger partial charge on any atom is -0.497 e. The standard InChI is InChI=1S/C24H32N4O3/c1-18-6-4-9-22(19(18)2)26-24(30)17-28-12-10-27(11-13-28)16-23(29)25-15-20-7-5-8-21(14-20)31-3/h4-9,14H,10-13,15-17H2,1-3H3,(H,25,29)(H,26,30). The molecule has 0 saturated carbocycles. The Balaban J connectivity index is 1.37. The lowest BCUT2D eigenvalue weighted by Gasteiger charge is -2.33. The summed E-state index contributed by atoms with van der Waals surface area (Å²) in [5, 5.41) is 5.98. The first-order valence-electron chi connectivity index (χ1n) is 10.6. The summed E-state index contributed by atoms with van der Waals surface area (Å²) < 4.78 is 5.21. The van der Waals surface area contributed by atoms with Gasteiger partial charge in [-0.25, -0.2) is 0 Å². The van der Waals surface area contributed by atoms with E-state index in [-0.39, 0.29) is 11.8 Å².